The van der Waals surface area contributed by atoms with Crippen LogP contribution < -0.4 is 5.73 Å². The number of ether oxygens (including phenoxy) is 1. The van der Waals surface area contributed by atoms with Crippen molar-refractivity contribution in [1.29, 1.82) is 0 Å². The Balaban J connectivity index is 1.71. The molecule has 92 valence electrons. The standard InChI is InChI=1S/C12H17N3O2/c13-12(16)8-3-4-17-11(5-8)9-6-14-15(7-9)10-1-2-10/h6-8,10-11H,1-5H2,(H2,13,16). The van der Waals surface area contributed by atoms with E-state index in [-0.39, 0.29) is 17.9 Å². The summed E-state index contributed by atoms with van der Waals surface area (Å²) in [7, 11) is 0. The van der Waals surface area contributed by atoms with Crippen LogP contribution in [0.25, 0.3) is 0 Å². The molecule has 1 aromatic rings. The number of hydrogen-bond acceptors (Lipinski definition) is 3. The van der Waals surface area contributed by atoms with Crippen molar-refractivity contribution >= 4 is 5.91 Å². The fourth-order valence-corrected chi connectivity index (χ4v) is 2.35. The van der Waals surface area contributed by atoms with Gasteiger partial charge in [0.2, 0.25) is 5.91 Å². The number of carbonyl (C=O) groups excluding carboxylic acids is 1. The van der Waals surface area contributed by atoms with Crippen molar-refractivity contribution in [2.75, 3.05) is 6.61 Å². The van der Waals surface area contributed by atoms with Crippen LogP contribution in [-0.2, 0) is 9.53 Å². The van der Waals surface area contributed by atoms with E-state index < -0.39 is 0 Å². The lowest BCUT2D eigenvalue weighted by atomic mass is 9.93. The summed E-state index contributed by atoms with van der Waals surface area (Å²) >= 11 is 0. The normalized spacial score (nSPS) is 29.2. The number of primary amides is 1. The Morgan fingerprint density at radius 3 is 3.00 bits per heavy atom. The van der Waals surface area contributed by atoms with Crippen molar-refractivity contribution < 1.29 is 9.53 Å². The van der Waals surface area contributed by atoms with E-state index in [0.29, 0.717) is 19.1 Å². The molecule has 2 fully saturated rings. The largest absolute Gasteiger partial charge is 0.373 e. The zero-order chi connectivity index (χ0) is 11.8. The van der Waals surface area contributed by atoms with E-state index in [9.17, 15) is 4.79 Å². The number of amides is 1. The zero-order valence-electron chi connectivity index (χ0n) is 9.71. The Morgan fingerprint density at radius 2 is 2.29 bits per heavy atom. The molecule has 1 saturated heterocycles. The molecule has 1 aromatic heterocycles. The first-order valence-electron chi connectivity index (χ1n) is 6.19. The quantitative estimate of drug-likeness (QED) is 0.855. The van der Waals surface area contributed by atoms with Crippen LogP contribution in [0.5, 0.6) is 0 Å². The molecule has 17 heavy (non-hydrogen) atoms. The number of nitrogens with two attached hydrogens (primary N) is 1. The summed E-state index contributed by atoms with van der Waals surface area (Å²) in [5, 5.41) is 4.34. The van der Waals surface area contributed by atoms with Crippen LogP contribution in [0.4, 0.5) is 0 Å². The summed E-state index contributed by atoms with van der Waals surface area (Å²) in [5.74, 6) is -0.272. The maximum Gasteiger partial charge on any atom is 0.220 e. The van der Waals surface area contributed by atoms with Crippen LogP contribution >= 0.6 is 0 Å². The molecule has 0 radical (unpaired) electrons. The van der Waals surface area contributed by atoms with Gasteiger partial charge in [0.15, 0.2) is 0 Å². The highest BCUT2D eigenvalue weighted by molar-refractivity contribution is 5.76. The summed E-state index contributed by atoms with van der Waals surface area (Å²) in [6.07, 6.45) is 7.74. The smallest absolute Gasteiger partial charge is 0.220 e. The van der Waals surface area contributed by atoms with Gasteiger partial charge >= 0.3 is 0 Å². The van der Waals surface area contributed by atoms with Gasteiger partial charge in [0.25, 0.3) is 0 Å². The van der Waals surface area contributed by atoms with E-state index in [2.05, 4.69) is 5.10 Å². The number of carbonyl (C=O) groups is 1. The third-order valence-corrected chi connectivity index (χ3v) is 3.60. The molecule has 0 bridgehead atoms. The summed E-state index contributed by atoms with van der Waals surface area (Å²) in [4.78, 5) is 11.2. The first-order valence-corrected chi connectivity index (χ1v) is 6.19. The van der Waals surface area contributed by atoms with Crippen molar-refractivity contribution in [1.82, 2.24) is 9.78 Å². The van der Waals surface area contributed by atoms with Crippen LogP contribution in [-0.4, -0.2) is 22.3 Å². The first kappa shape index (κ1) is 10.8. The fraction of sp³-hybridized carbons (Fsp3) is 0.667. The molecule has 2 unspecified atom stereocenters. The Kier molecular flexibility index (Phi) is 2.63. The lowest BCUT2D eigenvalue weighted by Gasteiger charge is -2.26. The van der Waals surface area contributed by atoms with Gasteiger partial charge < -0.3 is 10.5 Å². The molecule has 1 aliphatic carbocycles. The van der Waals surface area contributed by atoms with E-state index in [0.717, 1.165) is 12.0 Å². The molecule has 0 aromatic carbocycles. The number of nitrogens with zero attached hydrogens (tertiary/aromatic N) is 2. The van der Waals surface area contributed by atoms with E-state index in [1.54, 1.807) is 0 Å². The summed E-state index contributed by atoms with van der Waals surface area (Å²) in [6.45, 7) is 0.604. The molecular weight excluding hydrogens is 218 g/mol. The molecule has 5 nitrogen and oxygen atoms in total. The molecule has 1 saturated carbocycles. The van der Waals surface area contributed by atoms with Crippen molar-refractivity contribution in [2.24, 2.45) is 11.7 Å². The van der Waals surface area contributed by atoms with Crippen LogP contribution in [0.15, 0.2) is 12.4 Å². The number of rotatable bonds is 3. The molecule has 0 spiro atoms. The second kappa shape index (κ2) is 4.14. The van der Waals surface area contributed by atoms with Gasteiger partial charge in [0, 0.05) is 24.3 Å². The van der Waals surface area contributed by atoms with Crippen LogP contribution in [0.3, 0.4) is 0 Å². The van der Waals surface area contributed by atoms with Gasteiger partial charge in [-0.2, -0.15) is 5.10 Å². The molecular formula is C12H17N3O2. The average Bonchev–Trinajstić information content (AvgIpc) is 3.07. The molecule has 1 aliphatic heterocycles. The molecule has 5 heteroatoms. The van der Waals surface area contributed by atoms with Gasteiger partial charge in [-0.15, -0.1) is 0 Å². The van der Waals surface area contributed by atoms with Gasteiger partial charge in [0.05, 0.1) is 18.3 Å². The lowest BCUT2D eigenvalue weighted by Crippen LogP contribution is -2.30. The van der Waals surface area contributed by atoms with E-state index in [1.807, 2.05) is 17.1 Å². The van der Waals surface area contributed by atoms with Crippen molar-refractivity contribution in [3.8, 4) is 0 Å². The predicted octanol–water partition coefficient (Wildman–Crippen LogP) is 1.17. The Bertz CT molecular complexity index is 425. The minimum absolute atomic E-state index is 0.0197. The predicted molar refractivity (Wildman–Crippen MR) is 61.1 cm³/mol. The highest BCUT2D eigenvalue weighted by Gasteiger charge is 2.30. The molecule has 1 amide bonds. The SMILES string of the molecule is NC(=O)C1CCOC(c2cnn(C3CC3)c2)C1. The monoisotopic (exact) mass is 235 g/mol. The molecule has 2 heterocycles. The van der Waals surface area contributed by atoms with Crippen LogP contribution in [0.1, 0.15) is 43.4 Å². The maximum atomic E-state index is 11.2. The van der Waals surface area contributed by atoms with Gasteiger partial charge in [-0.25, -0.2) is 0 Å². The summed E-state index contributed by atoms with van der Waals surface area (Å²) in [6, 6.07) is 0.583. The van der Waals surface area contributed by atoms with E-state index in [1.165, 1.54) is 12.8 Å². The fourth-order valence-electron chi connectivity index (χ4n) is 2.35. The second-order valence-electron chi connectivity index (χ2n) is 4.97. The Hall–Kier alpha value is -1.36. The van der Waals surface area contributed by atoms with Crippen molar-refractivity contribution in [3.05, 3.63) is 18.0 Å². The topological polar surface area (TPSA) is 70.1 Å². The summed E-state index contributed by atoms with van der Waals surface area (Å²) in [5.41, 5.74) is 6.43. The van der Waals surface area contributed by atoms with Crippen LogP contribution in [0, 0.1) is 5.92 Å². The summed E-state index contributed by atoms with van der Waals surface area (Å²) < 4.78 is 7.70. The van der Waals surface area contributed by atoms with Gasteiger partial charge in [0.1, 0.15) is 0 Å². The lowest BCUT2D eigenvalue weighted by molar-refractivity contribution is -0.126. The van der Waals surface area contributed by atoms with Gasteiger partial charge in [-0.1, -0.05) is 0 Å². The molecule has 2 aliphatic rings. The van der Waals surface area contributed by atoms with Crippen LogP contribution in [0.2, 0.25) is 0 Å². The maximum absolute atomic E-state index is 11.2. The third kappa shape index (κ3) is 2.20. The molecule has 2 atom stereocenters. The second-order valence-corrected chi connectivity index (χ2v) is 4.97. The minimum Gasteiger partial charge on any atom is -0.373 e. The molecule has 2 N–H and O–H groups in total. The Morgan fingerprint density at radius 1 is 1.47 bits per heavy atom. The number of aromatic nitrogens is 2. The van der Waals surface area contributed by atoms with Gasteiger partial charge in [-0.3, -0.25) is 9.48 Å². The Labute approximate surface area is 99.9 Å². The van der Waals surface area contributed by atoms with Crippen molar-refractivity contribution in [3.63, 3.8) is 0 Å². The van der Waals surface area contributed by atoms with Crippen molar-refractivity contribution in [2.45, 2.75) is 37.8 Å². The van der Waals surface area contributed by atoms with E-state index in [4.69, 9.17) is 10.5 Å². The highest BCUT2D eigenvalue weighted by atomic mass is 16.5. The third-order valence-electron chi connectivity index (χ3n) is 3.60. The average molecular weight is 235 g/mol. The number of hydrogen-bond donors (Lipinski definition) is 1. The van der Waals surface area contributed by atoms with E-state index >= 15 is 0 Å². The minimum atomic E-state index is -0.215. The highest BCUT2D eigenvalue weighted by Crippen LogP contribution is 2.36. The first-order chi connectivity index (χ1) is 8.24. The van der Waals surface area contributed by atoms with Gasteiger partial charge in [-0.05, 0) is 25.7 Å². The molecule has 3 rings (SSSR count). The zero-order valence-corrected chi connectivity index (χ0v) is 9.71.